The number of amides is 1. The first kappa shape index (κ1) is 26.9. The monoisotopic (exact) mass is 415 g/mol. The van der Waals surface area contributed by atoms with Crippen molar-refractivity contribution in [1.29, 1.82) is 0 Å². The molecule has 0 rings (SSSR count). The second kappa shape index (κ2) is 11.2. The van der Waals surface area contributed by atoms with Gasteiger partial charge in [-0.1, -0.05) is 13.8 Å². The van der Waals surface area contributed by atoms with Crippen LogP contribution in [0.15, 0.2) is 0 Å². The maximum absolute atomic E-state index is 12.9. The van der Waals surface area contributed by atoms with Gasteiger partial charge in [0.15, 0.2) is 0 Å². The fourth-order valence-corrected chi connectivity index (χ4v) is 2.67. The maximum atomic E-state index is 12.9. The fraction of sp³-hybridized carbons (Fsp3) is 0.810. The third kappa shape index (κ3) is 11.5. The Morgan fingerprint density at radius 3 is 1.79 bits per heavy atom. The number of hydrogen-bond acceptors (Lipinski definition) is 7. The quantitative estimate of drug-likeness (QED) is 0.350. The second-order valence-electron chi connectivity index (χ2n) is 9.42. The van der Waals surface area contributed by atoms with Crippen molar-refractivity contribution >= 4 is 23.8 Å². The summed E-state index contributed by atoms with van der Waals surface area (Å²) < 4.78 is 15.3. The average molecular weight is 416 g/mol. The number of esters is 2. The molecule has 168 valence electrons. The molecule has 8 nitrogen and oxygen atoms in total. The summed E-state index contributed by atoms with van der Waals surface area (Å²) in [4.78, 5) is 49.7. The van der Waals surface area contributed by atoms with Crippen molar-refractivity contribution in [2.24, 2.45) is 17.8 Å². The number of ether oxygens (including phenoxy) is 3. The highest BCUT2D eigenvalue weighted by molar-refractivity contribution is 6.02. The predicted octanol–water partition coefficient (Wildman–Crippen LogP) is 3.26. The molecule has 2 atom stereocenters. The number of carbonyl (C=O) groups is 4. The van der Waals surface area contributed by atoms with Crippen LogP contribution in [0.1, 0.15) is 68.2 Å². The van der Waals surface area contributed by atoms with Crippen LogP contribution in [-0.2, 0) is 28.6 Å². The molecule has 0 saturated carbocycles. The van der Waals surface area contributed by atoms with E-state index in [1.807, 2.05) is 13.8 Å². The maximum Gasteiger partial charge on any atom is 0.407 e. The first-order valence-electron chi connectivity index (χ1n) is 9.87. The summed E-state index contributed by atoms with van der Waals surface area (Å²) >= 11 is 0. The number of alkyl carbamates (subject to hydrolysis) is 1. The van der Waals surface area contributed by atoms with Crippen LogP contribution < -0.4 is 5.32 Å². The molecule has 0 saturated heterocycles. The van der Waals surface area contributed by atoms with Crippen molar-refractivity contribution in [2.45, 2.75) is 79.4 Å². The van der Waals surface area contributed by atoms with Crippen molar-refractivity contribution in [3.05, 3.63) is 0 Å². The normalized spacial score (nSPS) is 14.0. The number of carbonyl (C=O) groups excluding carboxylic acids is 4. The molecule has 0 aromatic rings. The van der Waals surface area contributed by atoms with E-state index in [2.05, 4.69) is 5.32 Å². The molecule has 0 aliphatic carbocycles. The van der Waals surface area contributed by atoms with Gasteiger partial charge in [-0.15, -0.1) is 0 Å². The minimum Gasteiger partial charge on any atom is -0.469 e. The van der Waals surface area contributed by atoms with Gasteiger partial charge in [0.25, 0.3) is 0 Å². The predicted molar refractivity (Wildman–Crippen MR) is 108 cm³/mol. The Morgan fingerprint density at radius 2 is 1.38 bits per heavy atom. The fourth-order valence-electron chi connectivity index (χ4n) is 2.67. The number of methoxy groups -OCH3 is 1. The van der Waals surface area contributed by atoms with Crippen molar-refractivity contribution in [2.75, 3.05) is 13.7 Å². The number of rotatable bonds is 9. The smallest absolute Gasteiger partial charge is 0.407 e. The molecular weight excluding hydrogens is 378 g/mol. The van der Waals surface area contributed by atoms with Crippen LogP contribution in [0.4, 0.5) is 4.79 Å². The molecule has 29 heavy (non-hydrogen) atoms. The van der Waals surface area contributed by atoms with E-state index in [0.29, 0.717) is 6.42 Å². The Morgan fingerprint density at radius 1 is 0.862 bits per heavy atom. The molecule has 1 N–H and O–H groups in total. The van der Waals surface area contributed by atoms with Crippen molar-refractivity contribution in [3.8, 4) is 0 Å². The molecule has 0 aliphatic rings. The van der Waals surface area contributed by atoms with E-state index in [9.17, 15) is 19.2 Å². The Kier molecular flexibility index (Phi) is 10.3. The summed E-state index contributed by atoms with van der Waals surface area (Å²) in [5.74, 6) is -4.10. The summed E-state index contributed by atoms with van der Waals surface area (Å²) in [6.45, 7) is 14.0. The minimum atomic E-state index is -1.30. The molecule has 0 spiro atoms. The summed E-state index contributed by atoms with van der Waals surface area (Å²) in [6.07, 6.45) is -0.512. The van der Waals surface area contributed by atoms with Gasteiger partial charge in [-0.25, -0.2) is 4.79 Å². The third-order valence-electron chi connectivity index (χ3n) is 3.68. The minimum absolute atomic E-state index is 0.0252. The van der Waals surface area contributed by atoms with E-state index >= 15 is 0 Å². The van der Waals surface area contributed by atoms with Crippen molar-refractivity contribution < 1.29 is 33.4 Å². The van der Waals surface area contributed by atoms with Crippen LogP contribution in [0, 0.1) is 17.8 Å². The molecule has 1 unspecified atom stereocenters. The molecule has 0 aliphatic heterocycles. The highest BCUT2D eigenvalue weighted by Crippen LogP contribution is 2.27. The zero-order valence-electron chi connectivity index (χ0n) is 19.2. The van der Waals surface area contributed by atoms with E-state index in [1.54, 1.807) is 41.5 Å². The van der Waals surface area contributed by atoms with Crippen LogP contribution >= 0.6 is 0 Å². The lowest BCUT2D eigenvalue weighted by Crippen LogP contribution is -2.42. The molecule has 0 aromatic heterocycles. The zero-order valence-corrected chi connectivity index (χ0v) is 19.2. The van der Waals surface area contributed by atoms with Crippen LogP contribution in [0.2, 0.25) is 0 Å². The molecule has 0 heterocycles. The molecule has 0 aromatic carbocycles. The van der Waals surface area contributed by atoms with E-state index in [1.165, 1.54) is 7.11 Å². The average Bonchev–Trinajstić information content (AvgIpc) is 2.49. The number of ketones is 1. The molecule has 8 heteroatoms. The second-order valence-corrected chi connectivity index (χ2v) is 9.42. The van der Waals surface area contributed by atoms with Gasteiger partial charge in [0.2, 0.25) is 0 Å². The van der Waals surface area contributed by atoms with Crippen LogP contribution in [0.3, 0.4) is 0 Å². The van der Waals surface area contributed by atoms with Gasteiger partial charge in [-0.05, 0) is 53.9 Å². The summed E-state index contributed by atoms with van der Waals surface area (Å²) in [7, 11) is 1.22. The summed E-state index contributed by atoms with van der Waals surface area (Å²) in [6, 6.07) is 0. The van der Waals surface area contributed by atoms with Gasteiger partial charge in [-0.2, -0.15) is 0 Å². The van der Waals surface area contributed by atoms with Gasteiger partial charge in [0, 0.05) is 13.0 Å². The first-order chi connectivity index (χ1) is 13.1. The Balaban J connectivity index is 5.40. The van der Waals surface area contributed by atoms with E-state index in [-0.39, 0.29) is 18.9 Å². The van der Waals surface area contributed by atoms with E-state index in [0.717, 1.165) is 0 Å². The van der Waals surface area contributed by atoms with E-state index < -0.39 is 46.9 Å². The zero-order chi connectivity index (χ0) is 23.0. The summed E-state index contributed by atoms with van der Waals surface area (Å²) in [5, 5.41) is 2.48. The standard InChI is InChI=1S/C21H37NO7/c1-13(2)12-14(17(24)27-9)16(18(25)28-20(3,4)5)15(23)10-11-22-19(26)29-21(6,7)8/h13-14,16H,10-12H2,1-9H3,(H,22,26)/t14-,16?/m1/s1. The molecule has 0 radical (unpaired) electrons. The first-order valence-corrected chi connectivity index (χ1v) is 9.87. The lowest BCUT2D eigenvalue weighted by molar-refractivity contribution is -0.170. The molecule has 0 fully saturated rings. The van der Waals surface area contributed by atoms with Gasteiger partial charge < -0.3 is 19.5 Å². The largest absolute Gasteiger partial charge is 0.469 e. The highest BCUT2D eigenvalue weighted by Gasteiger charge is 2.42. The van der Waals surface area contributed by atoms with Gasteiger partial charge in [-0.3, -0.25) is 14.4 Å². The Labute approximate surface area is 174 Å². The van der Waals surface area contributed by atoms with Gasteiger partial charge in [0.1, 0.15) is 22.9 Å². The van der Waals surface area contributed by atoms with E-state index in [4.69, 9.17) is 14.2 Å². The summed E-state index contributed by atoms with van der Waals surface area (Å²) in [5.41, 5.74) is -1.48. The lowest BCUT2D eigenvalue weighted by atomic mass is 9.81. The Bertz CT molecular complexity index is 585. The topological polar surface area (TPSA) is 108 Å². The van der Waals surface area contributed by atoms with Crippen molar-refractivity contribution in [1.82, 2.24) is 5.32 Å². The third-order valence-corrected chi connectivity index (χ3v) is 3.68. The van der Waals surface area contributed by atoms with Crippen LogP contribution in [0.5, 0.6) is 0 Å². The van der Waals surface area contributed by atoms with Gasteiger partial charge in [0.05, 0.1) is 13.0 Å². The SMILES string of the molecule is COC(=O)[C@H](CC(C)C)C(C(=O)CCNC(=O)OC(C)(C)C)C(=O)OC(C)(C)C. The molecule has 0 bridgehead atoms. The van der Waals surface area contributed by atoms with Crippen molar-refractivity contribution in [3.63, 3.8) is 0 Å². The Hall–Kier alpha value is -2.12. The molecular formula is C21H37NO7. The van der Waals surface area contributed by atoms with Crippen LogP contribution in [0.25, 0.3) is 0 Å². The number of Topliss-reactive ketones (excluding diaryl/α,β-unsaturated/α-hetero) is 1. The number of nitrogens with one attached hydrogen (secondary N) is 1. The van der Waals surface area contributed by atoms with Crippen LogP contribution in [-0.4, -0.2) is 48.7 Å². The lowest BCUT2D eigenvalue weighted by Gasteiger charge is -2.28. The molecule has 1 amide bonds. The number of hydrogen-bond donors (Lipinski definition) is 1. The highest BCUT2D eigenvalue weighted by atomic mass is 16.6. The van der Waals surface area contributed by atoms with Gasteiger partial charge >= 0.3 is 18.0 Å².